The van der Waals surface area contributed by atoms with Gasteiger partial charge in [-0.15, -0.1) is 0 Å². The van der Waals surface area contributed by atoms with Crippen LogP contribution in [0.2, 0.25) is 0 Å². The first-order valence-corrected chi connectivity index (χ1v) is 8.20. The molecule has 0 atom stereocenters. The molecule has 2 aromatic heterocycles. The molecule has 5 rings (SSSR count). The predicted octanol–water partition coefficient (Wildman–Crippen LogP) is 4.87. The maximum atomic E-state index is 13.2. The molecule has 3 nitrogen and oxygen atoms in total. The van der Waals surface area contributed by atoms with Crippen LogP contribution in [0.15, 0.2) is 85.1 Å². The van der Waals surface area contributed by atoms with Crippen molar-refractivity contribution in [2.24, 2.45) is 0 Å². The van der Waals surface area contributed by atoms with Gasteiger partial charge in [0, 0.05) is 11.8 Å². The van der Waals surface area contributed by atoms with Crippen LogP contribution in [-0.2, 0) is 0 Å². The highest BCUT2D eigenvalue weighted by Crippen LogP contribution is 2.23. The van der Waals surface area contributed by atoms with Crippen LogP contribution in [0.25, 0.3) is 27.3 Å². The number of hydrogen-bond donors (Lipinski definition) is 0. The van der Waals surface area contributed by atoms with Crippen molar-refractivity contribution in [2.45, 2.75) is 0 Å². The number of nitrogens with zero attached hydrogens (tertiary/aromatic N) is 2. The Morgan fingerprint density at radius 2 is 1.52 bits per heavy atom. The van der Waals surface area contributed by atoms with E-state index in [1.165, 1.54) is 0 Å². The molecule has 118 valence electrons. The maximum Gasteiger partial charge on any atom is 0.213 e. The summed E-state index contributed by atoms with van der Waals surface area (Å²) >= 11 is 0. The number of fused-ring (bicyclic) bond motifs is 4. The summed E-state index contributed by atoms with van der Waals surface area (Å²) in [6, 6.07) is 25.6. The lowest BCUT2D eigenvalue weighted by Gasteiger charge is -2.08. The Hall–Kier alpha value is -3.46. The van der Waals surface area contributed by atoms with Crippen LogP contribution in [-0.4, -0.2) is 15.2 Å². The Bertz CT molecular complexity index is 1270. The number of carbonyl (C=O) groups is 1. The fourth-order valence-electron chi connectivity index (χ4n) is 3.36. The average Bonchev–Trinajstić information content (AvgIpc) is 3.16. The molecule has 0 unspecified atom stereocenters. The van der Waals surface area contributed by atoms with Gasteiger partial charge in [-0.1, -0.05) is 48.5 Å². The summed E-state index contributed by atoms with van der Waals surface area (Å²) in [5.41, 5.74) is 3.79. The molecule has 0 saturated heterocycles. The quantitative estimate of drug-likeness (QED) is 0.434. The monoisotopic (exact) mass is 322 g/mol. The maximum absolute atomic E-state index is 13.2. The van der Waals surface area contributed by atoms with Gasteiger partial charge in [-0.2, -0.15) is 0 Å². The van der Waals surface area contributed by atoms with Crippen LogP contribution in [0.4, 0.5) is 0 Å². The van der Waals surface area contributed by atoms with E-state index in [4.69, 9.17) is 0 Å². The van der Waals surface area contributed by atoms with E-state index in [1.807, 2.05) is 89.5 Å². The van der Waals surface area contributed by atoms with Gasteiger partial charge in [0.05, 0.1) is 16.6 Å². The van der Waals surface area contributed by atoms with Crippen LogP contribution in [0.1, 0.15) is 16.1 Å². The first-order chi connectivity index (χ1) is 12.3. The molecule has 0 saturated carbocycles. The molecule has 0 amide bonds. The van der Waals surface area contributed by atoms with Gasteiger partial charge in [0.15, 0.2) is 0 Å². The van der Waals surface area contributed by atoms with Crippen molar-refractivity contribution < 1.29 is 4.79 Å². The molecule has 0 fully saturated rings. The van der Waals surface area contributed by atoms with Crippen molar-refractivity contribution in [3.05, 3.63) is 96.3 Å². The van der Waals surface area contributed by atoms with E-state index in [-0.39, 0.29) is 5.78 Å². The molecule has 0 aliphatic carbocycles. The van der Waals surface area contributed by atoms with Gasteiger partial charge in [0.1, 0.15) is 5.69 Å². The average molecular weight is 322 g/mol. The lowest BCUT2D eigenvalue weighted by atomic mass is 10.0. The van der Waals surface area contributed by atoms with Crippen molar-refractivity contribution >= 4 is 33.1 Å². The summed E-state index contributed by atoms with van der Waals surface area (Å²) < 4.78 is 2.02. The van der Waals surface area contributed by atoms with Gasteiger partial charge in [-0.3, -0.25) is 4.79 Å². The molecule has 0 N–H and O–H groups in total. The fourth-order valence-corrected chi connectivity index (χ4v) is 3.36. The van der Waals surface area contributed by atoms with Gasteiger partial charge in [-0.05, 0) is 41.1 Å². The molecule has 3 heteroatoms. The van der Waals surface area contributed by atoms with Crippen molar-refractivity contribution in [1.82, 2.24) is 9.38 Å². The molecule has 3 aromatic carbocycles. The summed E-state index contributed by atoms with van der Waals surface area (Å²) in [7, 11) is 0. The summed E-state index contributed by atoms with van der Waals surface area (Å²) in [6.07, 6.45) is 1.97. The van der Waals surface area contributed by atoms with E-state index in [0.29, 0.717) is 11.3 Å². The van der Waals surface area contributed by atoms with E-state index in [2.05, 4.69) is 4.98 Å². The van der Waals surface area contributed by atoms with Gasteiger partial charge >= 0.3 is 0 Å². The summed E-state index contributed by atoms with van der Waals surface area (Å²) in [6.45, 7) is 0. The van der Waals surface area contributed by atoms with E-state index >= 15 is 0 Å². The number of ketones is 1. The number of benzene rings is 3. The van der Waals surface area contributed by atoms with Crippen molar-refractivity contribution in [2.75, 3.05) is 0 Å². The van der Waals surface area contributed by atoms with E-state index in [0.717, 1.165) is 27.3 Å². The van der Waals surface area contributed by atoms with E-state index < -0.39 is 0 Å². The second-order valence-electron chi connectivity index (χ2n) is 6.10. The van der Waals surface area contributed by atoms with Gasteiger partial charge in [0.25, 0.3) is 0 Å². The van der Waals surface area contributed by atoms with Crippen LogP contribution in [0.5, 0.6) is 0 Å². The number of para-hydroxylation sites is 2. The molecule has 0 bridgehead atoms. The number of hydrogen-bond acceptors (Lipinski definition) is 2. The molecule has 2 heterocycles. The first-order valence-electron chi connectivity index (χ1n) is 8.20. The lowest BCUT2D eigenvalue weighted by Crippen LogP contribution is -2.07. The zero-order valence-corrected chi connectivity index (χ0v) is 13.4. The molecule has 0 radical (unpaired) electrons. The number of aromatic nitrogens is 2. The fraction of sp³-hybridized carbons (Fsp3) is 0. The Kier molecular flexibility index (Phi) is 2.94. The molecule has 0 aliphatic rings. The van der Waals surface area contributed by atoms with Crippen molar-refractivity contribution in [1.29, 1.82) is 0 Å². The Labute approximate surface area is 144 Å². The third-order valence-corrected chi connectivity index (χ3v) is 4.59. The van der Waals surface area contributed by atoms with Crippen LogP contribution >= 0.6 is 0 Å². The Balaban J connectivity index is 1.75. The third kappa shape index (κ3) is 2.13. The molecule has 25 heavy (non-hydrogen) atoms. The zero-order chi connectivity index (χ0) is 16.8. The Morgan fingerprint density at radius 3 is 2.44 bits per heavy atom. The third-order valence-electron chi connectivity index (χ3n) is 4.59. The normalized spacial score (nSPS) is 11.4. The van der Waals surface area contributed by atoms with Crippen molar-refractivity contribution in [3.63, 3.8) is 0 Å². The largest absolute Gasteiger partial charge is 0.313 e. The Morgan fingerprint density at radius 1 is 0.760 bits per heavy atom. The van der Waals surface area contributed by atoms with Gasteiger partial charge in [0.2, 0.25) is 5.78 Å². The van der Waals surface area contributed by atoms with Gasteiger partial charge < -0.3 is 4.40 Å². The zero-order valence-electron chi connectivity index (χ0n) is 13.4. The van der Waals surface area contributed by atoms with Crippen LogP contribution in [0, 0.1) is 0 Å². The van der Waals surface area contributed by atoms with Gasteiger partial charge in [-0.25, -0.2) is 4.98 Å². The SMILES string of the molecule is O=C(c1ccc2ccccc2c1)c1nc2ccccc2n2cccc12. The smallest absolute Gasteiger partial charge is 0.213 e. The minimum absolute atomic E-state index is 0.0554. The second kappa shape index (κ2) is 5.28. The summed E-state index contributed by atoms with van der Waals surface area (Å²) in [5.74, 6) is -0.0554. The first kappa shape index (κ1) is 13.9. The highest BCUT2D eigenvalue weighted by Gasteiger charge is 2.17. The molecular formula is C22H14N2O. The molecule has 5 aromatic rings. The van der Waals surface area contributed by atoms with E-state index in [1.54, 1.807) is 0 Å². The topological polar surface area (TPSA) is 34.4 Å². The molecule has 0 aliphatic heterocycles. The highest BCUT2D eigenvalue weighted by molar-refractivity contribution is 6.14. The second-order valence-corrected chi connectivity index (χ2v) is 6.10. The van der Waals surface area contributed by atoms with Crippen LogP contribution < -0.4 is 0 Å². The highest BCUT2D eigenvalue weighted by atomic mass is 16.1. The minimum Gasteiger partial charge on any atom is -0.313 e. The molecular weight excluding hydrogens is 308 g/mol. The minimum atomic E-state index is -0.0554. The van der Waals surface area contributed by atoms with E-state index in [9.17, 15) is 4.79 Å². The summed E-state index contributed by atoms with van der Waals surface area (Å²) in [4.78, 5) is 17.8. The number of carbonyl (C=O) groups excluding carboxylic acids is 1. The van der Waals surface area contributed by atoms with Crippen molar-refractivity contribution in [3.8, 4) is 0 Å². The number of rotatable bonds is 2. The lowest BCUT2D eigenvalue weighted by molar-refractivity contribution is 0.103. The standard InChI is InChI=1S/C22H14N2O/c25-22(17-12-11-15-6-1-2-7-16(15)14-17)21-20-10-5-13-24(20)19-9-4-3-8-18(19)23-21/h1-14H. The van der Waals surface area contributed by atoms with Crippen LogP contribution in [0.3, 0.4) is 0 Å². The predicted molar refractivity (Wildman–Crippen MR) is 100 cm³/mol. The molecule has 0 spiro atoms. The summed E-state index contributed by atoms with van der Waals surface area (Å²) in [5, 5.41) is 2.18.